The van der Waals surface area contributed by atoms with E-state index in [1.54, 1.807) is 17.5 Å². The van der Waals surface area contributed by atoms with Gasteiger partial charge in [-0.3, -0.25) is 0 Å². The van der Waals surface area contributed by atoms with Crippen LogP contribution in [0.2, 0.25) is 5.15 Å². The van der Waals surface area contributed by atoms with Crippen molar-refractivity contribution in [2.24, 2.45) is 0 Å². The largest absolute Gasteiger partial charge is 0.393 e. The molecule has 0 unspecified atom stereocenters. The second kappa shape index (κ2) is 6.30. The normalized spacial score (nSPS) is 22.2. The average molecular weight is 324 g/mol. The fraction of sp³-hybridized carbons (Fsp3) is 0.467. The van der Waals surface area contributed by atoms with Crippen LogP contribution in [0.5, 0.6) is 0 Å². The number of anilines is 1. The van der Waals surface area contributed by atoms with Gasteiger partial charge in [-0.2, -0.15) is 0 Å². The zero-order chi connectivity index (χ0) is 14.8. The van der Waals surface area contributed by atoms with Crippen LogP contribution in [0.1, 0.15) is 30.7 Å². The molecular weight excluding hydrogens is 306 g/mol. The van der Waals surface area contributed by atoms with Crippen molar-refractivity contribution in [3.63, 3.8) is 0 Å². The molecule has 0 amide bonds. The highest BCUT2D eigenvalue weighted by molar-refractivity contribution is 7.15. The highest BCUT2D eigenvalue weighted by atomic mass is 35.5. The lowest BCUT2D eigenvalue weighted by molar-refractivity contribution is 0.126. The predicted octanol–water partition coefficient (Wildman–Crippen LogP) is 3.88. The van der Waals surface area contributed by atoms with E-state index in [1.165, 1.54) is 0 Å². The minimum absolute atomic E-state index is 0.146. The summed E-state index contributed by atoms with van der Waals surface area (Å²) in [6.07, 6.45) is 7.19. The van der Waals surface area contributed by atoms with Gasteiger partial charge in [0.25, 0.3) is 0 Å². The van der Waals surface area contributed by atoms with Crippen LogP contribution in [0.15, 0.2) is 18.5 Å². The average Bonchev–Trinajstić information content (AvgIpc) is 2.88. The molecule has 4 nitrogen and oxygen atoms in total. The monoisotopic (exact) mass is 323 g/mol. The number of aliphatic hydroxyl groups excluding tert-OH is 1. The Balaban J connectivity index is 1.85. The molecule has 0 saturated heterocycles. The molecule has 2 aromatic rings. The number of hydrogen-bond donors (Lipinski definition) is 2. The van der Waals surface area contributed by atoms with E-state index in [0.717, 1.165) is 46.8 Å². The van der Waals surface area contributed by atoms with Crippen LogP contribution in [0, 0.1) is 6.92 Å². The summed E-state index contributed by atoms with van der Waals surface area (Å²) in [6, 6.07) is 2.25. The Kier molecular flexibility index (Phi) is 4.42. The maximum Gasteiger partial charge on any atom is 0.131 e. The van der Waals surface area contributed by atoms with Gasteiger partial charge in [-0.15, -0.1) is 11.3 Å². The first-order chi connectivity index (χ1) is 10.1. The van der Waals surface area contributed by atoms with Crippen molar-refractivity contribution in [3.05, 3.63) is 28.6 Å². The number of nitrogens with zero attached hydrogens (tertiary/aromatic N) is 2. The number of rotatable bonds is 3. The van der Waals surface area contributed by atoms with Crippen molar-refractivity contribution in [3.8, 4) is 10.4 Å². The zero-order valence-corrected chi connectivity index (χ0v) is 13.4. The third-order valence-corrected chi connectivity index (χ3v) is 4.97. The molecule has 21 heavy (non-hydrogen) atoms. The summed E-state index contributed by atoms with van der Waals surface area (Å²) in [7, 11) is 0. The van der Waals surface area contributed by atoms with Crippen molar-refractivity contribution >= 4 is 28.6 Å². The fourth-order valence-corrected chi connectivity index (χ4v) is 3.63. The van der Waals surface area contributed by atoms with Gasteiger partial charge in [-0.1, -0.05) is 11.6 Å². The molecule has 2 N–H and O–H groups in total. The first kappa shape index (κ1) is 14.8. The number of nitrogens with one attached hydrogen (secondary N) is 1. The molecule has 2 aromatic heterocycles. The summed E-state index contributed by atoms with van der Waals surface area (Å²) in [5, 5.41) is 14.7. The summed E-state index contributed by atoms with van der Waals surface area (Å²) >= 11 is 7.70. The molecule has 0 bridgehead atoms. The topological polar surface area (TPSA) is 58.0 Å². The first-order valence-electron chi connectivity index (χ1n) is 7.15. The van der Waals surface area contributed by atoms with Gasteiger partial charge in [0.15, 0.2) is 0 Å². The van der Waals surface area contributed by atoms with Crippen LogP contribution in [-0.4, -0.2) is 27.2 Å². The van der Waals surface area contributed by atoms with E-state index >= 15 is 0 Å². The standard InChI is InChI=1S/C15H18ClN3OS/c1-9-17-8-14(21-9)12-7-18-15(16)6-13(12)19-10-2-4-11(20)5-3-10/h6-8,10-11,20H,2-5H2,1H3,(H,18,19). The molecule has 0 radical (unpaired) electrons. The van der Waals surface area contributed by atoms with Gasteiger partial charge < -0.3 is 10.4 Å². The van der Waals surface area contributed by atoms with Crippen molar-refractivity contribution < 1.29 is 5.11 Å². The molecule has 112 valence electrons. The summed E-state index contributed by atoms with van der Waals surface area (Å²) in [4.78, 5) is 9.60. The highest BCUT2D eigenvalue weighted by Gasteiger charge is 2.20. The highest BCUT2D eigenvalue weighted by Crippen LogP contribution is 2.34. The smallest absolute Gasteiger partial charge is 0.131 e. The molecule has 2 heterocycles. The summed E-state index contributed by atoms with van der Waals surface area (Å²) in [5.41, 5.74) is 2.04. The van der Waals surface area contributed by atoms with Gasteiger partial charge in [-0.05, 0) is 38.7 Å². The predicted molar refractivity (Wildman–Crippen MR) is 87.0 cm³/mol. The molecule has 6 heteroatoms. The quantitative estimate of drug-likeness (QED) is 0.841. The Morgan fingerprint density at radius 1 is 1.24 bits per heavy atom. The van der Waals surface area contributed by atoms with Crippen LogP contribution in [0.25, 0.3) is 10.4 Å². The molecule has 1 aliphatic carbocycles. The lowest BCUT2D eigenvalue weighted by atomic mass is 9.93. The Labute approximate surface area is 133 Å². The maximum absolute atomic E-state index is 9.61. The number of halogens is 1. The molecule has 0 atom stereocenters. The minimum Gasteiger partial charge on any atom is -0.393 e. The summed E-state index contributed by atoms with van der Waals surface area (Å²) < 4.78 is 0. The van der Waals surface area contributed by atoms with E-state index in [4.69, 9.17) is 11.6 Å². The number of aliphatic hydroxyl groups is 1. The van der Waals surface area contributed by atoms with Crippen molar-refractivity contribution in [1.82, 2.24) is 9.97 Å². The Bertz CT molecular complexity index is 623. The second-order valence-electron chi connectivity index (χ2n) is 5.45. The molecule has 0 aliphatic heterocycles. The van der Waals surface area contributed by atoms with E-state index in [0.29, 0.717) is 11.2 Å². The lowest BCUT2D eigenvalue weighted by Crippen LogP contribution is -2.28. The molecule has 3 rings (SSSR count). The number of thiazole rings is 1. The lowest BCUT2D eigenvalue weighted by Gasteiger charge is -2.27. The van der Waals surface area contributed by atoms with Crippen molar-refractivity contribution in [2.45, 2.75) is 44.8 Å². The minimum atomic E-state index is -0.146. The van der Waals surface area contributed by atoms with Gasteiger partial charge in [-0.25, -0.2) is 9.97 Å². The third-order valence-electron chi connectivity index (χ3n) is 3.81. The van der Waals surface area contributed by atoms with E-state index < -0.39 is 0 Å². The van der Waals surface area contributed by atoms with E-state index in [9.17, 15) is 5.11 Å². The van der Waals surface area contributed by atoms with Crippen LogP contribution >= 0.6 is 22.9 Å². The van der Waals surface area contributed by atoms with Crippen molar-refractivity contribution in [1.29, 1.82) is 0 Å². The van der Waals surface area contributed by atoms with E-state index in [1.807, 2.05) is 19.2 Å². The summed E-state index contributed by atoms with van der Waals surface area (Å²) in [5.74, 6) is 0. The van der Waals surface area contributed by atoms with Crippen molar-refractivity contribution in [2.75, 3.05) is 5.32 Å². The molecular formula is C15H18ClN3OS. The Morgan fingerprint density at radius 2 is 2.00 bits per heavy atom. The molecule has 1 aliphatic rings. The Hall–Kier alpha value is -1.17. The van der Waals surface area contributed by atoms with Gasteiger partial charge in [0.2, 0.25) is 0 Å². The summed E-state index contributed by atoms with van der Waals surface area (Å²) in [6.45, 7) is 1.99. The van der Waals surface area contributed by atoms with Gasteiger partial charge in [0, 0.05) is 29.7 Å². The molecule has 0 spiro atoms. The molecule has 1 saturated carbocycles. The van der Waals surface area contributed by atoms with E-state index in [-0.39, 0.29) is 6.10 Å². The van der Waals surface area contributed by atoms with Crippen LogP contribution in [0.3, 0.4) is 0 Å². The number of pyridine rings is 1. The zero-order valence-electron chi connectivity index (χ0n) is 11.8. The Morgan fingerprint density at radius 3 is 2.67 bits per heavy atom. The van der Waals surface area contributed by atoms with Gasteiger partial charge in [0.05, 0.1) is 16.0 Å². The maximum atomic E-state index is 9.61. The van der Waals surface area contributed by atoms with Crippen LogP contribution in [0.4, 0.5) is 5.69 Å². The SMILES string of the molecule is Cc1ncc(-c2cnc(Cl)cc2NC2CCC(O)CC2)s1. The van der Waals surface area contributed by atoms with E-state index in [2.05, 4.69) is 15.3 Å². The number of hydrogen-bond acceptors (Lipinski definition) is 5. The second-order valence-corrected chi connectivity index (χ2v) is 7.07. The number of aryl methyl sites for hydroxylation is 1. The van der Waals surface area contributed by atoms with Crippen LogP contribution in [-0.2, 0) is 0 Å². The molecule has 1 fully saturated rings. The third kappa shape index (κ3) is 3.54. The first-order valence-corrected chi connectivity index (χ1v) is 8.34. The molecule has 0 aromatic carbocycles. The van der Waals surface area contributed by atoms with Gasteiger partial charge >= 0.3 is 0 Å². The number of aromatic nitrogens is 2. The van der Waals surface area contributed by atoms with Crippen LogP contribution < -0.4 is 5.32 Å². The fourth-order valence-electron chi connectivity index (χ4n) is 2.67. The van der Waals surface area contributed by atoms with Gasteiger partial charge in [0.1, 0.15) is 5.15 Å².